The second kappa shape index (κ2) is 6.46. The number of nitrogens with one attached hydrogen (secondary N) is 1. The molecular weight excluding hydrogens is 314 g/mol. The van der Waals surface area contributed by atoms with Gasteiger partial charge in [-0.3, -0.25) is 9.78 Å². The molecule has 1 aliphatic heterocycles. The Balaban J connectivity index is 1.67. The normalized spacial score (nSPS) is 15.7. The third-order valence-corrected chi connectivity index (χ3v) is 4.06. The van der Waals surface area contributed by atoms with E-state index in [9.17, 15) is 4.79 Å². The lowest BCUT2D eigenvalue weighted by Crippen LogP contribution is -2.30. The molecule has 0 fully saturated rings. The monoisotopic (exact) mass is 331 g/mol. The molecule has 120 valence electrons. The number of rotatable bonds is 4. The minimum atomic E-state index is -0.333. The van der Waals surface area contributed by atoms with Gasteiger partial charge in [0.25, 0.3) is 0 Å². The molecule has 6 heteroatoms. The fourth-order valence-electron chi connectivity index (χ4n) is 2.54. The van der Waals surface area contributed by atoms with Crippen LogP contribution in [-0.4, -0.2) is 31.6 Å². The minimum Gasteiger partial charge on any atom is -0.492 e. The summed E-state index contributed by atoms with van der Waals surface area (Å²) in [7, 11) is 3.93. The van der Waals surface area contributed by atoms with Crippen molar-refractivity contribution >= 4 is 23.2 Å². The largest absolute Gasteiger partial charge is 0.492 e. The summed E-state index contributed by atoms with van der Waals surface area (Å²) < 4.78 is 5.55. The summed E-state index contributed by atoms with van der Waals surface area (Å²) in [5, 5.41) is 3.53. The van der Waals surface area contributed by atoms with E-state index in [2.05, 4.69) is 10.3 Å². The highest BCUT2D eigenvalue weighted by Crippen LogP contribution is 2.35. The summed E-state index contributed by atoms with van der Waals surface area (Å²) >= 11 is 6.01. The highest BCUT2D eigenvalue weighted by atomic mass is 35.5. The van der Waals surface area contributed by atoms with Crippen molar-refractivity contribution in [3.05, 3.63) is 52.8 Å². The van der Waals surface area contributed by atoms with E-state index in [4.69, 9.17) is 16.3 Å². The van der Waals surface area contributed by atoms with Gasteiger partial charge in [0.1, 0.15) is 18.3 Å². The molecule has 1 aromatic carbocycles. The smallest absolute Gasteiger partial charge is 0.231 e. The molecule has 0 aliphatic carbocycles. The van der Waals surface area contributed by atoms with Gasteiger partial charge in [0.05, 0.1) is 12.2 Å². The van der Waals surface area contributed by atoms with Crippen LogP contribution >= 0.6 is 11.6 Å². The van der Waals surface area contributed by atoms with Gasteiger partial charge in [-0.25, -0.2) is 0 Å². The average Bonchev–Trinajstić information content (AvgIpc) is 2.96. The molecule has 0 saturated carbocycles. The number of anilines is 1. The van der Waals surface area contributed by atoms with E-state index < -0.39 is 0 Å². The quantitative estimate of drug-likeness (QED) is 0.935. The molecule has 1 N–H and O–H groups in total. The number of hydrogen-bond donors (Lipinski definition) is 1. The second-order valence-corrected chi connectivity index (χ2v) is 6.10. The summed E-state index contributed by atoms with van der Waals surface area (Å²) in [5.41, 5.74) is 2.70. The predicted octanol–water partition coefficient (Wildman–Crippen LogP) is 2.59. The Labute approximate surface area is 140 Å². The maximum absolute atomic E-state index is 12.4. The number of hydrogen-bond acceptors (Lipinski definition) is 4. The first-order valence-electron chi connectivity index (χ1n) is 7.37. The summed E-state index contributed by atoms with van der Waals surface area (Å²) in [5.74, 6) is 0.311. The SMILES string of the molecule is CN(C)c1ccnc(CNC(=O)C2COc3ccc(Cl)cc32)c1. The fourth-order valence-corrected chi connectivity index (χ4v) is 2.72. The summed E-state index contributed by atoms with van der Waals surface area (Å²) in [6.45, 7) is 0.722. The molecule has 1 atom stereocenters. The molecule has 0 radical (unpaired) electrons. The van der Waals surface area contributed by atoms with Crippen LogP contribution in [0.3, 0.4) is 0 Å². The predicted molar refractivity (Wildman–Crippen MR) is 90.1 cm³/mol. The first kappa shape index (κ1) is 15.6. The van der Waals surface area contributed by atoms with E-state index in [-0.39, 0.29) is 11.8 Å². The Morgan fingerprint density at radius 3 is 3.00 bits per heavy atom. The van der Waals surface area contributed by atoms with Crippen molar-refractivity contribution in [1.29, 1.82) is 0 Å². The molecular formula is C17H18ClN3O2. The number of carbonyl (C=O) groups excluding carboxylic acids is 1. The van der Waals surface area contributed by atoms with Crippen LogP contribution in [0.25, 0.3) is 0 Å². The van der Waals surface area contributed by atoms with Crippen LogP contribution in [0.4, 0.5) is 5.69 Å². The topological polar surface area (TPSA) is 54.5 Å². The van der Waals surface area contributed by atoms with Crippen LogP contribution in [-0.2, 0) is 11.3 Å². The Bertz CT molecular complexity index is 734. The third kappa shape index (κ3) is 3.40. The number of benzene rings is 1. The van der Waals surface area contributed by atoms with Gasteiger partial charge >= 0.3 is 0 Å². The Kier molecular flexibility index (Phi) is 4.39. The molecule has 1 aromatic heterocycles. The van der Waals surface area contributed by atoms with Gasteiger partial charge in [-0.05, 0) is 30.3 Å². The number of carbonyl (C=O) groups is 1. The number of amides is 1. The lowest BCUT2D eigenvalue weighted by molar-refractivity contribution is -0.122. The fraction of sp³-hybridized carbons (Fsp3) is 0.294. The van der Waals surface area contributed by atoms with Gasteiger partial charge in [0, 0.05) is 36.6 Å². The lowest BCUT2D eigenvalue weighted by Gasteiger charge is -2.14. The highest BCUT2D eigenvalue weighted by Gasteiger charge is 2.30. The number of nitrogens with zero attached hydrogens (tertiary/aromatic N) is 2. The van der Waals surface area contributed by atoms with Crippen molar-refractivity contribution in [2.75, 3.05) is 25.6 Å². The first-order chi connectivity index (χ1) is 11.0. The minimum absolute atomic E-state index is 0.0805. The van der Waals surface area contributed by atoms with E-state index in [1.165, 1.54) is 0 Å². The van der Waals surface area contributed by atoms with Crippen LogP contribution in [0, 0.1) is 0 Å². The van der Waals surface area contributed by atoms with Crippen molar-refractivity contribution in [3.63, 3.8) is 0 Å². The summed E-state index contributed by atoms with van der Waals surface area (Å²) in [6, 6.07) is 9.23. The van der Waals surface area contributed by atoms with Crippen molar-refractivity contribution in [1.82, 2.24) is 10.3 Å². The molecule has 2 aromatic rings. The van der Waals surface area contributed by atoms with Gasteiger partial charge in [-0.15, -0.1) is 0 Å². The standard InChI is InChI=1S/C17H18ClN3O2/c1-21(2)13-5-6-19-12(8-13)9-20-17(22)15-10-23-16-4-3-11(18)7-14(15)16/h3-8,15H,9-10H2,1-2H3,(H,20,22). The van der Waals surface area contributed by atoms with E-state index >= 15 is 0 Å². The first-order valence-corrected chi connectivity index (χ1v) is 7.74. The van der Waals surface area contributed by atoms with Gasteiger partial charge < -0.3 is 15.0 Å². The molecule has 2 heterocycles. The molecule has 0 spiro atoms. The van der Waals surface area contributed by atoms with Gasteiger partial charge in [-0.2, -0.15) is 0 Å². The number of halogens is 1. The van der Waals surface area contributed by atoms with E-state index in [1.807, 2.05) is 31.1 Å². The van der Waals surface area contributed by atoms with Crippen LogP contribution in [0.2, 0.25) is 5.02 Å². The molecule has 1 aliphatic rings. The Hall–Kier alpha value is -2.27. The van der Waals surface area contributed by atoms with E-state index in [1.54, 1.807) is 24.4 Å². The van der Waals surface area contributed by atoms with Crippen LogP contribution in [0.15, 0.2) is 36.5 Å². The number of fused-ring (bicyclic) bond motifs is 1. The molecule has 3 rings (SSSR count). The zero-order valence-corrected chi connectivity index (χ0v) is 13.8. The zero-order valence-electron chi connectivity index (χ0n) is 13.0. The maximum atomic E-state index is 12.4. The Morgan fingerprint density at radius 1 is 1.39 bits per heavy atom. The van der Waals surface area contributed by atoms with Gasteiger partial charge in [-0.1, -0.05) is 11.6 Å². The van der Waals surface area contributed by atoms with Gasteiger partial charge in [0.2, 0.25) is 5.91 Å². The van der Waals surface area contributed by atoms with E-state index in [0.717, 1.165) is 22.7 Å². The van der Waals surface area contributed by atoms with Crippen LogP contribution in [0.5, 0.6) is 5.75 Å². The molecule has 0 bridgehead atoms. The number of ether oxygens (including phenoxy) is 1. The van der Waals surface area contributed by atoms with Crippen molar-refractivity contribution in [2.24, 2.45) is 0 Å². The second-order valence-electron chi connectivity index (χ2n) is 5.66. The van der Waals surface area contributed by atoms with Crippen molar-refractivity contribution in [3.8, 4) is 5.75 Å². The molecule has 0 saturated heterocycles. The Morgan fingerprint density at radius 2 is 2.22 bits per heavy atom. The van der Waals surface area contributed by atoms with E-state index in [0.29, 0.717) is 18.2 Å². The highest BCUT2D eigenvalue weighted by molar-refractivity contribution is 6.30. The third-order valence-electron chi connectivity index (χ3n) is 3.83. The summed E-state index contributed by atoms with van der Waals surface area (Å²) in [4.78, 5) is 18.7. The molecule has 1 unspecified atom stereocenters. The average molecular weight is 332 g/mol. The number of aromatic nitrogens is 1. The van der Waals surface area contributed by atoms with Crippen LogP contribution < -0.4 is 15.0 Å². The number of pyridine rings is 1. The van der Waals surface area contributed by atoms with Crippen molar-refractivity contribution in [2.45, 2.75) is 12.5 Å². The van der Waals surface area contributed by atoms with Crippen LogP contribution in [0.1, 0.15) is 17.2 Å². The van der Waals surface area contributed by atoms with Crippen molar-refractivity contribution < 1.29 is 9.53 Å². The maximum Gasteiger partial charge on any atom is 0.231 e. The molecule has 1 amide bonds. The summed E-state index contributed by atoms with van der Waals surface area (Å²) in [6.07, 6.45) is 1.74. The molecule has 23 heavy (non-hydrogen) atoms. The van der Waals surface area contributed by atoms with Gasteiger partial charge in [0.15, 0.2) is 0 Å². The lowest BCUT2D eigenvalue weighted by atomic mass is 10.0. The zero-order chi connectivity index (χ0) is 16.4. The molecule has 5 nitrogen and oxygen atoms in total.